The van der Waals surface area contributed by atoms with Gasteiger partial charge in [-0.25, -0.2) is 0 Å². The van der Waals surface area contributed by atoms with Crippen LogP contribution >= 0.6 is 0 Å². The first-order chi connectivity index (χ1) is 9.66. The van der Waals surface area contributed by atoms with Crippen molar-refractivity contribution in [2.24, 2.45) is 0 Å². The summed E-state index contributed by atoms with van der Waals surface area (Å²) in [6.07, 6.45) is 1.78. The highest BCUT2D eigenvalue weighted by molar-refractivity contribution is 5.88. The van der Waals surface area contributed by atoms with Crippen molar-refractivity contribution in [3.8, 4) is 22.4 Å². The van der Waals surface area contributed by atoms with Crippen LogP contribution in [0.4, 0.5) is 5.82 Å². The molecule has 3 aromatic rings. The van der Waals surface area contributed by atoms with Gasteiger partial charge in [0.15, 0.2) is 5.82 Å². The minimum atomic E-state index is 0.507. The molecule has 100 valence electrons. The van der Waals surface area contributed by atoms with Crippen LogP contribution < -0.4 is 5.73 Å². The fraction of sp³-hybridized carbons (Fsp3) is 0.125. The molecule has 0 bridgehead atoms. The van der Waals surface area contributed by atoms with Gasteiger partial charge in [0.05, 0.1) is 11.3 Å². The maximum atomic E-state index is 6.04. The number of hydrogen-bond donors (Lipinski definition) is 2. The second kappa shape index (κ2) is 4.81. The fourth-order valence-corrected chi connectivity index (χ4v) is 2.31. The van der Waals surface area contributed by atoms with Crippen LogP contribution in [-0.4, -0.2) is 15.2 Å². The van der Waals surface area contributed by atoms with Crippen LogP contribution in [0.15, 0.2) is 42.6 Å². The lowest BCUT2D eigenvalue weighted by molar-refractivity contribution is 1.09. The van der Waals surface area contributed by atoms with Gasteiger partial charge in [-0.2, -0.15) is 5.10 Å². The molecule has 0 aliphatic rings. The van der Waals surface area contributed by atoms with E-state index in [4.69, 9.17) is 5.73 Å². The summed E-state index contributed by atoms with van der Waals surface area (Å²) in [5.74, 6) is 0.507. The molecule has 0 aliphatic heterocycles. The first-order valence-electron chi connectivity index (χ1n) is 6.49. The first-order valence-corrected chi connectivity index (χ1v) is 6.49. The number of anilines is 1. The van der Waals surface area contributed by atoms with E-state index in [2.05, 4.69) is 46.4 Å². The van der Waals surface area contributed by atoms with Crippen LogP contribution in [0.25, 0.3) is 22.4 Å². The number of nitrogens with zero attached hydrogens (tertiary/aromatic N) is 2. The summed E-state index contributed by atoms with van der Waals surface area (Å²) in [5.41, 5.74) is 12.1. The molecule has 0 aliphatic carbocycles. The number of hydrogen-bond acceptors (Lipinski definition) is 3. The Bertz CT molecular complexity index is 741. The van der Waals surface area contributed by atoms with E-state index in [0.717, 1.165) is 28.1 Å². The highest BCUT2D eigenvalue weighted by Gasteiger charge is 2.16. The monoisotopic (exact) mass is 264 g/mol. The number of aromatic nitrogens is 3. The van der Waals surface area contributed by atoms with Crippen molar-refractivity contribution in [2.45, 2.75) is 13.8 Å². The van der Waals surface area contributed by atoms with E-state index in [1.54, 1.807) is 6.20 Å². The van der Waals surface area contributed by atoms with Gasteiger partial charge in [0, 0.05) is 17.5 Å². The maximum absolute atomic E-state index is 6.04. The van der Waals surface area contributed by atoms with Gasteiger partial charge in [-0.3, -0.25) is 10.1 Å². The Morgan fingerprint density at radius 3 is 2.50 bits per heavy atom. The predicted octanol–water partition coefficient (Wildman–Crippen LogP) is 3.34. The Labute approximate surface area is 117 Å². The van der Waals surface area contributed by atoms with Gasteiger partial charge in [-0.05, 0) is 31.5 Å². The number of benzene rings is 1. The molecular weight excluding hydrogens is 248 g/mol. The molecule has 2 heterocycles. The van der Waals surface area contributed by atoms with Gasteiger partial charge in [0.1, 0.15) is 0 Å². The zero-order valence-corrected chi connectivity index (χ0v) is 11.5. The standard InChI is InChI=1S/C16H16N4/c1-10-5-7-12(8-6-10)14-15(19-20-16(14)17)13-4-3-9-18-11(13)2/h3-9H,1-2H3,(H3,17,19,20). The summed E-state index contributed by atoms with van der Waals surface area (Å²) in [6.45, 7) is 4.04. The Kier molecular flexibility index (Phi) is 2.99. The minimum Gasteiger partial charge on any atom is -0.382 e. The number of aromatic amines is 1. The number of pyridine rings is 1. The second-order valence-corrected chi connectivity index (χ2v) is 4.86. The van der Waals surface area contributed by atoms with Crippen LogP contribution in [0.3, 0.4) is 0 Å². The molecule has 4 heteroatoms. The molecule has 0 unspecified atom stereocenters. The minimum absolute atomic E-state index is 0.507. The SMILES string of the molecule is Cc1ccc(-c2c(N)n[nH]c2-c2cccnc2C)cc1. The molecule has 3 rings (SSSR count). The van der Waals surface area contributed by atoms with Crippen molar-refractivity contribution in [2.75, 3.05) is 5.73 Å². The lowest BCUT2D eigenvalue weighted by atomic mass is 9.99. The number of nitrogens with two attached hydrogens (primary N) is 1. The highest BCUT2D eigenvalue weighted by Crippen LogP contribution is 2.35. The Morgan fingerprint density at radius 1 is 1.05 bits per heavy atom. The van der Waals surface area contributed by atoms with Gasteiger partial charge >= 0.3 is 0 Å². The summed E-state index contributed by atoms with van der Waals surface area (Å²) in [5, 5.41) is 7.19. The number of rotatable bonds is 2. The van der Waals surface area contributed by atoms with Gasteiger partial charge in [-0.15, -0.1) is 0 Å². The Hall–Kier alpha value is -2.62. The molecule has 0 atom stereocenters. The summed E-state index contributed by atoms with van der Waals surface area (Å²) < 4.78 is 0. The number of nitrogen functional groups attached to an aromatic ring is 1. The third-order valence-corrected chi connectivity index (χ3v) is 3.41. The van der Waals surface area contributed by atoms with Crippen molar-refractivity contribution in [3.05, 3.63) is 53.9 Å². The van der Waals surface area contributed by atoms with Crippen LogP contribution in [-0.2, 0) is 0 Å². The largest absolute Gasteiger partial charge is 0.382 e. The van der Waals surface area contributed by atoms with E-state index < -0.39 is 0 Å². The van der Waals surface area contributed by atoms with E-state index in [-0.39, 0.29) is 0 Å². The fourth-order valence-electron chi connectivity index (χ4n) is 2.31. The number of aryl methyl sites for hydroxylation is 2. The molecule has 4 nitrogen and oxygen atoms in total. The number of H-pyrrole nitrogens is 1. The summed E-state index contributed by atoms with van der Waals surface area (Å²) in [4.78, 5) is 4.33. The number of nitrogens with one attached hydrogen (secondary N) is 1. The highest BCUT2D eigenvalue weighted by atomic mass is 15.2. The normalized spacial score (nSPS) is 10.7. The van der Waals surface area contributed by atoms with E-state index >= 15 is 0 Å². The van der Waals surface area contributed by atoms with Crippen LogP contribution in [0, 0.1) is 13.8 Å². The summed E-state index contributed by atoms with van der Waals surface area (Å²) >= 11 is 0. The van der Waals surface area contributed by atoms with Gasteiger partial charge in [0.2, 0.25) is 0 Å². The smallest absolute Gasteiger partial charge is 0.153 e. The van der Waals surface area contributed by atoms with Crippen molar-refractivity contribution in [1.82, 2.24) is 15.2 Å². The van der Waals surface area contributed by atoms with Crippen LogP contribution in [0.2, 0.25) is 0 Å². The van der Waals surface area contributed by atoms with E-state index in [9.17, 15) is 0 Å². The lowest BCUT2D eigenvalue weighted by Crippen LogP contribution is -1.91. The van der Waals surface area contributed by atoms with Crippen LogP contribution in [0.1, 0.15) is 11.3 Å². The molecule has 0 fully saturated rings. The quantitative estimate of drug-likeness (QED) is 0.746. The second-order valence-electron chi connectivity index (χ2n) is 4.86. The molecule has 0 radical (unpaired) electrons. The van der Waals surface area contributed by atoms with Gasteiger partial charge < -0.3 is 5.73 Å². The van der Waals surface area contributed by atoms with Gasteiger partial charge in [-0.1, -0.05) is 29.8 Å². The molecule has 0 saturated heterocycles. The predicted molar refractivity (Wildman–Crippen MR) is 81.1 cm³/mol. The average Bonchev–Trinajstić information content (AvgIpc) is 2.82. The average molecular weight is 264 g/mol. The lowest BCUT2D eigenvalue weighted by Gasteiger charge is -2.07. The third-order valence-electron chi connectivity index (χ3n) is 3.41. The van der Waals surface area contributed by atoms with Crippen LogP contribution in [0.5, 0.6) is 0 Å². The van der Waals surface area contributed by atoms with Crippen molar-refractivity contribution >= 4 is 5.82 Å². The summed E-state index contributed by atoms with van der Waals surface area (Å²) in [6, 6.07) is 12.2. The molecule has 1 aromatic carbocycles. The zero-order valence-electron chi connectivity index (χ0n) is 11.5. The molecule has 0 saturated carbocycles. The van der Waals surface area contributed by atoms with E-state index in [0.29, 0.717) is 5.82 Å². The topological polar surface area (TPSA) is 67.6 Å². The van der Waals surface area contributed by atoms with E-state index in [1.807, 2.05) is 19.1 Å². The third kappa shape index (κ3) is 2.05. The van der Waals surface area contributed by atoms with E-state index in [1.165, 1.54) is 5.56 Å². The first kappa shape index (κ1) is 12.4. The molecule has 20 heavy (non-hydrogen) atoms. The zero-order chi connectivity index (χ0) is 14.1. The van der Waals surface area contributed by atoms with Crippen molar-refractivity contribution in [3.63, 3.8) is 0 Å². The summed E-state index contributed by atoms with van der Waals surface area (Å²) in [7, 11) is 0. The van der Waals surface area contributed by atoms with Crippen molar-refractivity contribution < 1.29 is 0 Å². The van der Waals surface area contributed by atoms with Crippen molar-refractivity contribution in [1.29, 1.82) is 0 Å². The molecule has 3 N–H and O–H groups in total. The maximum Gasteiger partial charge on any atom is 0.153 e. The molecular formula is C16H16N4. The molecule has 0 spiro atoms. The Balaban J connectivity index is 2.20. The molecule has 2 aromatic heterocycles. The van der Waals surface area contributed by atoms with Gasteiger partial charge in [0.25, 0.3) is 0 Å². The molecule has 0 amide bonds. The Morgan fingerprint density at radius 2 is 1.80 bits per heavy atom.